The molecule has 1 aromatic heterocycles. The molecule has 2 N–H and O–H groups in total. The first-order valence-electron chi connectivity index (χ1n) is 8.47. The molecule has 162 valence electrons. The molecule has 0 radical (unpaired) electrons. The van der Waals surface area contributed by atoms with Crippen LogP contribution in [-0.4, -0.2) is 57.3 Å². The standard InChI is InChI=1S/C17H15F3N2O6S2/c1-7(23)28-13(21-10(24)5-8-3-2-4-29-8)9-6-30-15-11(17(18,19)20)14(25)22(15)12(9)16(26)27/h2-4,11,13,15H,5-6H2,1H3,(H,21,24)(H,26,27)/t11-,13?,15+/m0/s1. The molecule has 0 saturated carbocycles. The van der Waals surface area contributed by atoms with Crippen molar-refractivity contribution < 1.29 is 42.2 Å². The van der Waals surface area contributed by atoms with Crippen molar-refractivity contribution in [3.05, 3.63) is 33.7 Å². The van der Waals surface area contributed by atoms with Crippen molar-refractivity contribution >= 4 is 46.9 Å². The number of thiophene rings is 1. The second-order valence-corrected chi connectivity index (χ2v) is 8.56. The number of carbonyl (C=O) groups excluding carboxylic acids is 3. The molecule has 2 aliphatic rings. The van der Waals surface area contributed by atoms with Crippen LogP contribution in [0.3, 0.4) is 0 Å². The number of rotatable bonds is 6. The molecule has 3 heterocycles. The second-order valence-electron chi connectivity index (χ2n) is 6.42. The summed E-state index contributed by atoms with van der Waals surface area (Å²) in [6.45, 7) is 1.03. The Morgan fingerprint density at radius 3 is 2.63 bits per heavy atom. The van der Waals surface area contributed by atoms with E-state index in [1.165, 1.54) is 11.3 Å². The number of thioether (sulfide) groups is 1. The van der Waals surface area contributed by atoms with E-state index in [-0.39, 0.29) is 17.7 Å². The predicted molar refractivity (Wildman–Crippen MR) is 99.0 cm³/mol. The molecule has 1 unspecified atom stereocenters. The Hall–Kier alpha value is -2.54. The van der Waals surface area contributed by atoms with Crippen LogP contribution in [0.1, 0.15) is 11.8 Å². The summed E-state index contributed by atoms with van der Waals surface area (Å²) in [5.74, 6) is -7.08. The van der Waals surface area contributed by atoms with Crippen molar-refractivity contribution in [2.45, 2.75) is 31.1 Å². The Morgan fingerprint density at radius 2 is 2.10 bits per heavy atom. The van der Waals surface area contributed by atoms with E-state index in [4.69, 9.17) is 4.74 Å². The van der Waals surface area contributed by atoms with Crippen LogP contribution in [0.4, 0.5) is 13.2 Å². The number of β-lactam (4-membered cyclic amide) rings is 1. The summed E-state index contributed by atoms with van der Waals surface area (Å²) >= 11 is 2.00. The van der Waals surface area contributed by atoms with Crippen LogP contribution >= 0.6 is 23.1 Å². The van der Waals surface area contributed by atoms with Crippen LogP contribution in [0.5, 0.6) is 0 Å². The fourth-order valence-electron chi connectivity index (χ4n) is 3.13. The lowest BCUT2D eigenvalue weighted by molar-refractivity contribution is -0.214. The average Bonchev–Trinajstić information content (AvgIpc) is 3.10. The summed E-state index contributed by atoms with van der Waals surface area (Å²) in [6.07, 6.45) is -6.41. The Kier molecular flexibility index (Phi) is 6.13. The summed E-state index contributed by atoms with van der Waals surface area (Å²) in [5.41, 5.74) is -0.889. The first-order chi connectivity index (χ1) is 14.0. The van der Waals surface area contributed by atoms with Crippen LogP contribution in [0, 0.1) is 5.92 Å². The number of carboxylic acids is 1. The quantitative estimate of drug-likeness (QED) is 0.375. The summed E-state index contributed by atoms with van der Waals surface area (Å²) in [7, 11) is 0. The minimum Gasteiger partial charge on any atom is -0.477 e. The van der Waals surface area contributed by atoms with E-state index in [9.17, 15) is 37.5 Å². The van der Waals surface area contributed by atoms with Crippen LogP contribution in [0.15, 0.2) is 28.8 Å². The van der Waals surface area contributed by atoms with Crippen LogP contribution < -0.4 is 5.32 Å². The first kappa shape index (κ1) is 22.2. The number of halogens is 3. The Bertz CT molecular complexity index is 915. The van der Waals surface area contributed by atoms with Gasteiger partial charge in [-0.05, 0) is 11.4 Å². The Labute approximate surface area is 176 Å². The van der Waals surface area contributed by atoms with Gasteiger partial charge in [0.15, 0.2) is 5.92 Å². The minimum atomic E-state index is -4.81. The summed E-state index contributed by atoms with van der Waals surface area (Å²) < 4.78 is 44.3. The normalized spacial score (nSPS) is 22.1. The van der Waals surface area contributed by atoms with Gasteiger partial charge in [0, 0.05) is 23.1 Å². The summed E-state index contributed by atoms with van der Waals surface area (Å²) in [5, 5.41) is 12.3. The topological polar surface area (TPSA) is 113 Å². The van der Waals surface area contributed by atoms with Crippen molar-refractivity contribution in [3.8, 4) is 0 Å². The fraction of sp³-hybridized carbons (Fsp3) is 0.412. The van der Waals surface area contributed by atoms with E-state index in [1.54, 1.807) is 17.5 Å². The number of nitrogens with one attached hydrogen (secondary N) is 1. The van der Waals surface area contributed by atoms with E-state index >= 15 is 0 Å². The van der Waals surface area contributed by atoms with Gasteiger partial charge in [-0.15, -0.1) is 23.1 Å². The molecular formula is C17H15F3N2O6S2. The van der Waals surface area contributed by atoms with Gasteiger partial charge in [0.2, 0.25) is 18.0 Å². The molecule has 1 fully saturated rings. The number of carboxylic acid groups (broad SMARTS) is 1. The SMILES string of the molecule is CC(=O)OC(NC(=O)Cc1cccs1)C1=C(C(=O)O)N2C(=O)[C@H](C(F)(F)F)[C@H]2SC1. The lowest BCUT2D eigenvalue weighted by atomic mass is 9.94. The number of nitrogens with zero attached hydrogens (tertiary/aromatic N) is 1. The van der Waals surface area contributed by atoms with Crippen molar-refractivity contribution in [2.24, 2.45) is 5.92 Å². The number of ether oxygens (including phenoxy) is 1. The molecule has 1 aromatic rings. The van der Waals surface area contributed by atoms with E-state index < -0.39 is 53.1 Å². The highest BCUT2D eigenvalue weighted by Gasteiger charge is 2.64. The third-order valence-electron chi connectivity index (χ3n) is 4.36. The third-order valence-corrected chi connectivity index (χ3v) is 6.54. The maximum absolute atomic E-state index is 13.1. The van der Waals surface area contributed by atoms with Gasteiger partial charge in [0.1, 0.15) is 11.1 Å². The molecule has 13 heteroatoms. The zero-order valence-corrected chi connectivity index (χ0v) is 16.9. The maximum atomic E-state index is 13.1. The number of hydrogen-bond acceptors (Lipinski definition) is 7. The van der Waals surface area contributed by atoms with Gasteiger partial charge in [0.05, 0.1) is 6.42 Å². The minimum absolute atomic E-state index is 0.0698. The van der Waals surface area contributed by atoms with Gasteiger partial charge >= 0.3 is 18.1 Å². The largest absolute Gasteiger partial charge is 0.477 e. The summed E-state index contributed by atoms with van der Waals surface area (Å²) in [4.78, 5) is 48.9. The van der Waals surface area contributed by atoms with Crippen molar-refractivity contribution in [3.63, 3.8) is 0 Å². The number of alkyl halides is 3. The fourth-order valence-corrected chi connectivity index (χ4v) is 5.30. The molecule has 8 nitrogen and oxygen atoms in total. The second kappa shape index (κ2) is 8.30. The molecule has 3 atom stereocenters. The van der Waals surface area contributed by atoms with Crippen LogP contribution in [0.25, 0.3) is 0 Å². The lowest BCUT2D eigenvalue weighted by Crippen LogP contribution is -2.66. The van der Waals surface area contributed by atoms with E-state index in [0.717, 1.165) is 6.92 Å². The molecule has 2 aliphatic heterocycles. The highest BCUT2D eigenvalue weighted by Crippen LogP contribution is 2.50. The van der Waals surface area contributed by atoms with E-state index in [2.05, 4.69) is 5.32 Å². The van der Waals surface area contributed by atoms with Crippen molar-refractivity contribution in [2.75, 3.05) is 5.75 Å². The highest BCUT2D eigenvalue weighted by molar-refractivity contribution is 8.00. The van der Waals surface area contributed by atoms with Crippen molar-refractivity contribution in [1.29, 1.82) is 0 Å². The maximum Gasteiger partial charge on any atom is 0.403 e. The highest BCUT2D eigenvalue weighted by atomic mass is 32.2. The number of carbonyl (C=O) groups is 4. The molecule has 3 rings (SSSR count). The predicted octanol–water partition coefficient (Wildman–Crippen LogP) is 1.73. The number of fused-ring (bicyclic) bond motifs is 1. The molecule has 2 amide bonds. The van der Waals surface area contributed by atoms with Crippen molar-refractivity contribution in [1.82, 2.24) is 10.2 Å². The van der Waals surface area contributed by atoms with Gasteiger partial charge in [-0.2, -0.15) is 13.2 Å². The first-order valence-corrected chi connectivity index (χ1v) is 10.4. The van der Waals surface area contributed by atoms with Crippen LogP contribution in [-0.2, 0) is 30.3 Å². The third kappa shape index (κ3) is 4.31. The molecule has 30 heavy (non-hydrogen) atoms. The van der Waals surface area contributed by atoms with Gasteiger partial charge in [0.25, 0.3) is 0 Å². The van der Waals surface area contributed by atoms with Gasteiger partial charge in [-0.1, -0.05) is 6.07 Å². The van der Waals surface area contributed by atoms with E-state index in [1.807, 2.05) is 0 Å². The number of esters is 1. The zero-order chi connectivity index (χ0) is 22.2. The van der Waals surface area contributed by atoms with Crippen LogP contribution in [0.2, 0.25) is 0 Å². The monoisotopic (exact) mass is 464 g/mol. The average molecular weight is 464 g/mol. The van der Waals surface area contributed by atoms with Gasteiger partial charge in [-0.3, -0.25) is 19.3 Å². The summed E-state index contributed by atoms with van der Waals surface area (Å²) in [6, 6.07) is 3.43. The Morgan fingerprint density at radius 1 is 1.40 bits per heavy atom. The zero-order valence-electron chi connectivity index (χ0n) is 15.3. The number of hydrogen-bond donors (Lipinski definition) is 2. The lowest BCUT2D eigenvalue weighted by Gasteiger charge is -2.50. The number of aliphatic carboxylic acids is 1. The van der Waals surface area contributed by atoms with Gasteiger partial charge < -0.3 is 15.2 Å². The smallest absolute Gasteiger partial charge is 0.403 e. The molecule has 0 spiro atoms. The molecule has 0 aliphatic carbocycles. The Balaban J connectivity index is 1.90. The molecular weight excluding hydrogens is 449 g/mol. The van der Waals surface area contributed by atoms with E-state index in [0.29, 0.717) is 21.5 Å². The molecule has 0 aromatic carbocycles. The van der Waals surface area contributed by atoms with Gasteiger partial charge in [-0.25, -0.2) is 4.79 Å². The number of amides is 2. The molecule has 1 saturated heterocycles. The molecule has 0 bridgehead atoms.